The number of ether oxygens (including phenoxy) is 1. The zero-order valence-corrected chi connectivity index (χ0v) is 16.1. The van der Waals surface area contributed by atoms with Crippen molar-refractivity contribution in [2.75, 3.05) is 0 Å². The summed E-state index contributed by atoms with van der Waals surface area (Å²) in [5, 5.41) is 17.8. The van der Waals surface area contributed by atoms with Crippen LogP contribution in [0.2, 0.25) is 0 Å². The van der Waals surface area contributed by atoms with Gasteiger partial charge in [0, 0.05) is 34.2 Å². The Hall–Kier alpha value is -3.13. The minimum Gasteiger partial charge on any atom is -0.464 e. The number of furan rings is 1. The van der Waals surface area contributed by atoms with Crippen molar-refractivity contribution >= 4 is 27.3 Å². The molecule has 3 heterocycles. The van der Waals surface area contributed by atoms with Gasteiger partial charge in [0.05, 0.1) is 17.2 Å². The van der Waals surface area contributed by atoms with E-state index >= 15 is 0 Å². The summed E-state index contributed by atoms with van der Waals surface area (Å²) in [6.45, 7) is 0. The molecule has 3 aromatic rings. The van der Waals surface area contributed by atoms with Crippen molar-refractivity contribution in [3.05, 3.63) is 92.3 Å². The van der Waals surface area contributed by atoms with Crippen molar-refractivity contribution in [2.24, 2.45) is 5.10 Å². The van der Waals surface area contributed by atoms with Gasteiger partial charge in [-0.2, -0.15) is 5.10 Å². The summed E-state index contributed by atoms with van der Waals surface area (Å²) in [6.07, 6.45) is 1.71. The highest BCUT2D eigenvalue weighted by atomic mass is 79.9. The van der Waals surface area contributed by atoms with E-state index in [-0.39, 0.29) is 11.7 Å². The first kappa shape index (κ1) is 17.0. The van der Waals surface area contributed by atoms with Crippen molar-refractivity contribution in [3.8, 4) is 5.75 Å². The van der Waals surface area contributed by atoms with Gasteiger partial charge in [-0.3, -0.25) is 10.1 Å². The second-order valence-electron chi connectivity index (χ2n) is 6.63. The van der Waals surface area contributed by atoms with E-state index in [0.717, 1.165) is 21.5 Å². The molecule has 28 heavy (non-hydrogen) atoms. The zero-order chi connectivity index (χ0) is 19.3. The van der Waals surface area contributed by atoms with Gasteiger partial charge in [-0.05, 0) is 30.3 Å². The lowest BCUT2D eigenvalue weighted by Crippen LogP contribution is -2.33. The van der Waals surface area contributed by atoms with E-state index in [1.54, 1.807) is 12.3 Å². The van der Waals surface area contributed by atoms with Gasteiger partial charge < -0.3 is 9.15 Å². The second kappa shape index (κ2) is 6.49. The van der Waals surface area contributed by atoms with Crippen LogP contribution in [0.15, 0.2) is 74.9 Å². The lowest BCUT2D eigenvalue weighted by atomic mass is 9.97. The highest BCUT2D eigenvalue weighted by Crippen LogP contribution is 2.48. The van der Waals surface area contributed by atoms with Gasteiger partial charge in [0.2, 0.25) is 6.23 Å². The predicted molar refractivity (Wildman–Crippen MR) is 105 cm³/mol. The quantitative estimate of drug-likeness (QED) is 0.414. The molecule has 2 aliphatic rings. The van der Waals surface area contributed by atoms with Crippen LogP contribution in [0.4, 0.5) is 5.69 Å². The smallest absolute Gasteiger partial charge is 0.269 e. The number of nitro groups is 1. The molecule has 0 saturated heterocycles. The number of hydrogen-bond acceptors (Lipinski definition) is 6. The Morgan fingerprint density at radius 3 is 2.86 bits per heavy atom. The molecule has 0 amide bonds. The van der Waals surface area contributed by atoms with Crippen molar-refractivity contribution < 1.29 is 14.1 Å². The Balaban J connectivity index is 1.62. The Morgan fingerprint density at radius 2 is 2.07 bits per heavy atom. The Labute approximate surface area is 168 Å². The molecular formula is C20H14BrN3O4. The van der Waals surface area contributed by atoms with Gasteiger partial charge >= 0.3 is 0 Å². The van der Waals surface area contributed by atoms with E-state index in [2.05, 4.69) is 15.9 Å². The maximum atomic E-state index is 11.2. The number of halogens is 1. The lowest BCUT2D eigenvalue weighted by molar-refractivity contribution is -0.385. The van der Waals surface area contributed by atoms with Gasteiger partial charge in [-0.1, -0.05) is 28.1 Å². The fourth-order valence-corrected chi connectivity index (χ4v) is 4.04. The maximum absolute atomic E-state index is 11.2. The lowest BCUT2D eigenvalue weighted by Gasteiger charge is -2.38. The van der Waals surface area contributed by atoms with Crippen molar-refractivity contribution in [2.45, 2.75) is 18.7 Å². The monoisotopic (exact) mass is 439 g/mol. The molecule has 0 radical (unpaired) electrons. The average molecular weight is 440 g/mol. The van der Waals surface area contributed by atoms with Gasteiger partial charge in [-0.25, -0.2) is 5.01 Å². The number of nitro benzene ring substituents is 1. The number of hydrogen-bond donors (Lipinski definition) is 0. The molecule has 2 aromatic carbocycles. The SMILES string of the molecule is O=[N+]([O-])c1cccc([C@@H]2Oc3ccc(Br)cc3[C@H]3CC(c4ccco4)=NN32)c1. The van der Waals surface area contributed by atoms with E-state index in [1.165, 1.54) is 12.1 Å². The van der Waals surface area contributed by atoms with Crippen LogP contribution in [0.25, 0.3) is 0 Å². The molecule has 0 spiro atoms. The zero-order valence-electron chi connectivity index (χ0n) is 14.5. The summed E-state index contributed by atoms with van der Waals surface area (Å²) < 4.78 is 12.7. The fourth-order valence-electron chi connectivity index (χ4n) is 3.66. The fraction of sp³-hybridized carbons (Fsp3) is 0.150. The Kier molecular flexibility index (Phi) is 3.94. The van der Waals surface area contributed by atoms with Gasteiger partial charge in [0.1, 0.15) is 17.2 Å². The first-order valence-electron chi connectivity index (χ1n) is 8.70. The molecule has 0 aliphatic carbocycles. The van der Waals surface area contributed by atoms with Crippen LogP contribution in [-0.4, -0.2) is 15.6 Å². The van der Waals surface area contributed by atoms with Crippen LogP contribution in [0.1, 0.15) is 35.6 Å². The minimum atomic E-state index is -0.564. The van der Waals surface area contributed by atoms with E-state index < -0.39 is 11.2 Å². The number of fused-ring (bicyclic) bond motifs is 3. The molecule has 7 nitrogen and oxygen atoms in total. The Morgan fingerprint density at radius 1 is 1.18 bits per heavy atom. The molecule has 2 atom stereocenters. The molecule has 0 fully saturated rings. The molecule has 0 bridgehead atoms. The summed E-state index contributed by atoms with van der Waals surface area (Å²) in [4.78, 5) is 10.8. The van der Waals surface area contributed by atoms with Crippen molar-refractivity contribution in [1.82, 2.24) is 5.01 Å². The molecule has 140 valence electrons. The predicted octanol–water partition coefficient (Wildman–Crippen LogP) is 5.19. The highest BCUT2D eigenvalue weighted by molar-refractivity contribution is 9.10. The van der Waals surface area contributed by atoms with Gasteiger partial charge in [0.15, 0.2) is 0 Å². The van der Waals surface area contributed by atoms with E-state index in [9.17, 15) is 10.1 Å². The third kappa shape index (κ3) is 2.77. The Bertz CT molecular complexity index is 1100. The van der Waals surface area contributed by atoms with Crippen LogP contribution >= 0.6 is 15.9 Å². The third-order valence-electron chi connectivity index (χ3n) is 4.92. The first-order valence-corrected chi connectivity index (χ1v) is 9.49. The molecule has 5 rings (SSSR count). The van der Waals surface area contributed by atoms with E-state index in [1.807, 2.05) is 41.4 Å². The summed E-state index contributed by atoms with van der Waals surface area (Å²) in [7, 11) is 0. The van der Waals surface area contributed by atoms with Crippen LogP contribution < -0.4 is 4.74 Å². The second-order valence-corrected chi connectivity index (χ2v) is 7.54. The van der Waals surface area contributed by atoms with E-state index in [4.69, 9.17) is 14.3 Å². The number of benzene rings is 2. The molecule has 8 heteroatoms. The number of non-ortho nitro benzene ring substituents is 1. The number of nitrogens with zero attached hydrogens (tertiary/aromatic N) is 3. The average Bonchev–Trinajstić information content (AvgIpc) is 3.37. The van der Waals surface area contributed by atoms with Crippen LogP contribution in [0, 0.1) is 10.1 Å². The van der Waals surface area contributed by atoms with Crippen molar-refractivity contribution in [1.29, 1.82) is 0 Å². The molecule has 0 saturated carbocycles. The summed E-state index contributed by atoms with van der Waals surface area (Å²) in [6, 6.07) is 16.0. The molecule has 2 aliphatic heterocycles. The molecule has 0 N–H and O–H groups in total. The highest BCUT2D eigenvalue weighted by Gasteiger charge is 2.41. The van der Waals surface area contributed by atoms with Crippen molar-refractivity contribution in [3.63, 3.8) is 0 Å². The van der Waals surface area contributed by atoms with Crippen LogP contribution in [0.5, 0.6) is 5.75 Å². The minimum absolute atomic E-state index is 0.0219. The summed E-state index contributed by atoms with van der Waals surface area (Å²) in [5.74, 6) is 1.46. The summed E-state index contributed by atoms with van der Waals surface area (Å²) >= 11 is 3.52. The number of hydrazone groups is 1. The largest absolute Gasteiger partial charge is 0.464 e. The standard InChI is InChI=1S/C20H14BrN3O4/c21-13-6-7-18-15(10-13)17-11-16(19-5-2-8-27-19)22-23(17)20(28-18)12-3-1-4-14(9-12)24(25)26/h1-10,17,20H,11H2/t17-,20+/m1/s1. The molecular weight excluding hydrogens is 426 g/mol. The first-order chi connectivity index (χ1) is 13.6. The molecule has 1 aromatic heterocycles. The third-order valence-corrected chi connectivity index (χ3v) is 5.42. The van der Waals surface area contributed by atoms with Crippen LogP contribution in [-0.2, 0) is 0 Å². The van der Waals surface area contributed by atoms with E-state index in [0.29, 0.717) is 17.7 Å². The molecule has 0 unspecified atom stereocenters. The summed E-state index contributed by atoms with van der Waals surface area (Å²) in [5.41, 5.74) is 2.54. The van der Waals surface area contributed by atoms with Crippen LogP contribution in [0.3, 0.4) is 0 Å². The van der Waals surface area contributed by atoms with Gasteiger partial charge in [-0.15, -0.1) is 0 Å². The normalized spacial score (nSPS) is 20.2. The number of rotatable bonds is 3. The van der Waals surface area contributed by atoms with Gasteiger partial charge in [0.25, 0.3) is 5.69 Å². The topological polar surface area (TPSA) is 81.1 Å². The maximum Gasteiger partial charge on any atom is 0.269 e.